The van der Waals surface area contributed by atoms with Crippen LogP contribution in [0.25, 0.3) is 11.0 Å². The van der Waals surface area contributed by atoms with Crippen LogP contribution in [0.5, 0.6) is 17.2 Å². The minimum absolute atomic E-state index is 0.222. The Morgan fingerprint density at radius 2 is 1.68 bits per heavy atom. The fourth-order valence-electron chi connectivity index (χ4n) is 3.55. The molecule has 1 aromatic heterocycles. The van der Waals surface area contributed by atoms with Gasteiger partial charge in [0, 0.05) is 10.9 Å². The van der Waals surface area contributed by atoms with Crippen LogP contribution < -0.4 is 19.5 Å². The molecule has 0 radical (unpaired) electrons. The zero-order valence-corrected chi connectivity index (χ0v) is 16.7. The lowest BCUT2D eigenvalue weighted by Gasteiger charge is -2.26. The van der Waals surface area contributed by atoms with Crippen LogP contribution in [0.15, 0.2) is 83.3 Å². The van der Waals surface area contributed by atoms with Crippen LogP contribution in [0.3, 0.4) is 0 Å². The van der Waals surface area contributed by atoms with Crippen molar-refractivity contribution < 1.29 is 23.4 Å². The summed E-state index contributed by atoms with van der Waals surface area (Å²) in [4.78, 5) is 13.0. The first kappa shape index (κ1) is 19.1. The van der Waals surface area contributed by atoms with Crippen LogP contribution in [-0.2, 0) is 6.61 Å². The molecule has 4 aromatic rings. The summed E-state index contributed by atoms with van der Waals surface area (Å²) in [5.74, 6) is 2.04. The van der Waals surface area contributed by atoms with E-state index in [0.29, 0.717) is 35.8 Å². The minimum Gasteiger partial charge on any atom is -0.489 e. The Balaban J connectivity index is 1.31. The molecule has 0 aliphatic carbocycles. The van der Waals surface area contributed by atoms with Gasteiger partial charge in [-0.25, -0.2) is 0 Å². The van der Waals surface area contributed by atoms with Gasteiger partial charge in [0.05, 0.1) is 6.54 Å². The number of carbonyl (C=O) groups excluding carboxylic acids is 1. The number of ether oxygens (including phenoxy) is 3. The molecule has 1 amide bonds. The summed E-state index contributed by atoms with van der Waals surface area (Å²) < 4.78 is 23.4. The standard InChI is InChI=1S/C25H21NO5/c27-25(26-14-18-15-29-22-12-6-7-13-23(22)30-18)24-20(16-28-17-8-2-1-3-9-17)19-10-4-5-11-21(19)31-24/h1-13,18H,14-16H2,(H,26,27). The average Bonchev–Trinajstić information content (AvgIpc) is 3.20. The third-order valence-corrected chi connectivity index (χ3v) is 5.09. The first-order valence-corrected chi connectivity index (χ1v) is 10.1. The number of rotatable bonds is 6. The zero-order valence-electron chi connectivity index (χ0n) is 16.7. The third-order valence-electron chi connectivity index (χ3n) is 5.09. The van der Waals surface area contributed by atoms with Crippen molar-refractivity contribution >= 4 is 16.9 Å². The van der Waals surface area contributed by atoms with Gasteiger partial charge in [-0.3, -0.25) is 4.79 Å². The van der Waals surface area contributed by atoms with Gasteiger partial charge in [-0.15, -0.1) is 0 Å². The average molecular weight is 415 g/mol. The number of para-hydroxylation sites is 4. The summed E-state index contributed by atoms with van der Waals surface area (Å²) >= 11 is 0. The summed E-state index contributed by atoms with van der Waals surface area (Å²) in [6.07, 6.45) is -0.285. The van der Waals surface area contributed by atoms with Crippen molar-refractivity contribution in [3.05, 3.63) is 90.2 Å². The highest BCUT2D eigenvalue weighted by molar-refractivity contribution is 5.99. The highest BCUT2D eigenvalue weighted by atomic mass is 16.6. The topological polar surface area (TPSA) is 69.9 Å². The van der Waals surface area contributed by atoms with Crippen molar-refractivity contribution in [1.29, 1.82) is 0 Å². The molecule has 1 atom stereocenters. The van der Waals surface area contributed by atoms with Gasteiger partial charge in [0.15, 0.2) is 17.3 Å². The van der Waals surface area contributed by atoms with E-state index in [-0.39, 0.29) is 24.4 Å². The summed E-state index contributed by atoms with van der Waals surface area (Å²) in [6.45, 7) is 0.880. The first-order chi connectivity index (χ1) is 15.3. The summed E-state index contributed by atoms with van der Waals surface area (Å²) in [5.41, 5.74) is 1.36. The molecule has 31 heavy (non-hydrogen) atoms. The zero-order chi connectivity index (χ0) is 21.0. The molecule has 2 heterocycles. The second-order valence-corrected chi connectivity index (χ2v) is 7.22. The van der Waals surface area contributed by atoms with Crippen molar-refractivity contribution in [1.82, 2.24) is 5.32 Å². The van der Waals surface area contributed by atoms with E-state index in [1.165, 1.54) is 0 Å². The Morgan fingerprint density at radius 3 is 2.55 bits per heavy atom. The Kier molecular flexibility index (Phi) is 5.19. The number of fused-ring (bicyclic) bond motifs is 2. The van der Waals surface area contributed by atoms with Crippen molar-refractivity contribution in [2.24, 2.45) is 0 Å². The van der Waals surface area contributed by atoms with E-state index in [4.69, 9.17) is 18.6 Å². The molecule has 1 aliphatic heterocycles. The van der Waals surface area contributed by atoms with Crippen LogP contribution >= 0.6 is 0 Å². The Hall–Kier alpha value is -3.93. The van der Waals surface area contributed by atoms with Crippen LogP contribution in [0.2, 0.25) is 0 Å². The van der Waals surface area contributed by atoms with E-state index in [1.807, 2.05) is 78.9 Å². The summed E-state index contributed by atoms with van der Waals surface area (Å²) in [7, 11) is 0. The molecular weight excluding hydrogens is 394 g/mol. The van der Waals surface area contributed by atoms with Crippen molar-refractivity contribution in [3.63, 3.8) is 0 Å². The van der Waals surface area contributed by atoms with Gasteiger partial charge >= 0.3 is 0 Å². The van der Waals surface area contributed by atoms with Crippen LogP contribution in [0, 0.1) is 0 Å². The van der Waals surface area contributed by atoms with Crippen LogP contribution in [0.1, 0.15) is 16.1 Å². The first-order valence-electron chi connectivity index (χ1n) is 10.1. The van der Waals surface area contributed by atoms with Crippen LogP contribution in [-0.4, -0.2) is 25.2 Å². The molecule has 1 unspecified atom stereocenters. The Labute approximate surface area is 179 Å². The van der Waals surface area contributed by atoms with Gasteiger partial charge in [-0.2, -0.15) is 0 Å². The number of amides is 1. The maximum atomic E-state index is 13.0. The van der Waals surface area contributed by atoms with Gasteiger partial charge in [0.2, 0.25) is 0 Å². The van der Waals surface area contributed by atoms with Gasteiger partial charge in [0.1, 0.15) is 30.7 Å². The van der Waals surface area contributed by atoms with E-state index >= 15 is 0 Å². The highest BCUT2D eigenvalue weighted by Crippen LogP contribution is 2.31. The number of hydrogen-bond donors (Lipinski definition) is 1. The lowest BCUT2D eigenvalue weighted by Crippen LogP contribution is -2.40. The highest BCUT2D eigenvalue weighted by Gasteiger charge is 2.24. The second-order valence-electron chi connectivity index (χ2n) is 7.22. The second kappa shape index (κ2) is 8.44. The predicted molar refractivity (Wildman–Crippen MR) is 116 cm³/mol. The Morgan fingerprint density at radius 1 is 0.935 bits per heavy atom. The molecule has 156 valence electrons. The van der Waals surface area contributed by atoms with E-state index in [9.17, 15) is 4.79 Å². The minimum atomic E-state index is -0.315. The van der Waals surface area contributed by atoms with E-state index in [2.05, 4.69) is 5.32 Å². The largest absolute Gasteiger partial charge is 0.489 e. The summed E-state index contributed by atoms with van der Waals surface area (Å²) in [6, 6.07) is 24.5. The predicted octanol–water partition coefficient (Wildman–Crippen LogP) is 4.58. The van der Waals surface area contributed by atoms with Gasteiger partial charge < -0.3 is 23.9 Å². The number of carbonyl (C=O) groups is 1. The van der Waals surface area contributed by atoms with Gasteiger partial charge in [0.25, 0.3) is 5.91 Å². The van der Waals surface area contributed by atoms with E-state index in [0.717, 1.165) is 11.1 Å². The number of hydrogen-bond acceptors (Lipinski definition) is 5. The maximum absolute atomic E-state index is 13.0. The van der Waals surface area contributed by atoms with Crippen molar-refractivity contribution in [2.45, 2.75) is 12.7 Å². The number of nitrogens with one attached hydrogen (secondary N) is 1. The normalized spacial score (nSPS) is 14.9. The lowest BCUT2D eigenvalue weighted by atomic mass is 10.1. The molecule has 6 heteroatoms. The maximum Gasteiger partial charge on any atom is 0.287 e. The van der Waals surface area contributed by atoms with Crippen molar-refractivity contribution in [3.8, 4) is 17.2 Å². The quantitative estimate of drug-likeness (QED) is 0.499. The molecule has 3 aromatic carbocycles. The summed E-state index contributed by atoms with van der Waals surface area (Å²) in [5, 5.41) is 3.76. The Bertz CT molecular complexity index is 1200. The van der Waals surface area contributed by atoms with Gasteiger partial charge in [-0.1, -0.05) is 48.5 Å². The molecule has 1 aliphatic rings. The number of benzene rings is 3. The SMILES string of the molecule is O=C(NCC1COc2ccccc2O1)c1oc2ccccc2c1COc1ccccc1. The fourth-order valence-corrected chi connectivity index (χ4v) is 3.55. The molecule has 0 bridgehead atoms. The molecule has 1 N–H and O–H groups in total. The fraction of sp³-hybridized carbons (Fsp3) is 0.160. The smallest absolute Gasteiger partial charge is 0.287 e. The third kappa shape index (κ3) is 4.05. The molecule has 0 fully saturated rings. The molecule has 5 rings (SSSR count). The monoisotopic (exact) mass is 415 g/mol. The van der Waals surface area contributed by atoms with E-state index in [1.54, 1.807) is 0 Å². The number of furan rings is 1. The van der Waals surface area contributed by atoms with E-state index < -0.39 is 0 Å². The molecular formula is C25H21NO5. The molecule has 0 saturated carbocycles. The lowest BCUT2D eigenvalue weighted by molar-refractivity contribution is 0.0772. The van der Waals surface area contributed by atoms with Crippen molar-refractivity contribution in [2.75, 3.05) is 13.2 Å². The van der Waals surface area contributed by atoms with Crippen LogP contribution in [0.4, 0.5) is 0 Å². The molecule has 0 spiro atoms. The molecule has 0 saturated heterocycles. The van der Waals surface area contributed by atoms with Gasteiger partial charge in [-0.05, 0) is 30.3 Å². The molecule has 6 nitrogen and oxygen atoms in total.